The van der Waals surface area contributed by atoms with E-state index >= 15 is 0 Å². The molecule has 0 aliphatic heterocycles. The third-order valence-electron chi connectivity index (χ3n) is 4.44. The fourth-order valence-electron chi connectivity index (χ4n) is 2.73. The summed E-state index contributed by atoms with van der Waals surface area (Å²) in [6.07, 6.45) is 2.89. The Hall–Kier alpha value is -2.44. The minimum absolute atomic E-state index is 0.112. The molecule has 1 unspecified atom stereocenters. The van der Waals surface area contributed by atoms with Crippen LogP contribution in [0.3, 0.4) is 0 Å². The van der Waals surface area contributed by atoms with E-state index in [4.69, 9.17) is 4.42 Å². The van der Waals surface area contributed by atoms with E-state index in [-0.39, 0.29) is 6.04 Å². The molecule has 0 N–H and O–H groups in total. The minimum atomic E-state index is -3.17. The number of aromatic nitrogens is 1. The summed E-state index contributed by atoms with van der Waals surface area (Å²) in [5.41, 5.74) is 2.85. The normalized spacial score (nSPS) is 13.1. The van der Waals surface area contributed by atoms with Gasteiger partial charge in [-0.2, -0.15) is 0 Å². The van der Waals surface area contributed by atoms with E-state index in [0.717, 1.165) is 16.8 Å². The lowest BCUT2D eigenvalue weighted by Gasteiger charge is -2.24. The summed E-state index contributed by atoms with van der Waals surface area (Å²) in [5.74, 6) is 0.610. The Morgan fingerprint density at radius 1 is 1.08 bits per heavy atom. The summed E-state index contributed by atoms with van der Waals surface area (Å²) in [6.45, 7) is 2.71. The van der Waals surface area contributed by atoms with Crippen LogP contribution in [0, 0.1) is 0 Å². The third-order valence-corrected chi connectivity index (χ3v) is 5.56. The van der Waals surface area contributed by atoms with Gasteiger partial charge in [-0.25, -0.2) is 13.4 Å². The van der Waals surface area contributed by atoms with E-state index in [1.54, 1.807) is 18.4 Å². The first-order valence-electron chi connectivity index (χ1n) is 8.34. The molecule has 136 valence electrons. The van der Waals surface area contributed by atoms with Gasteiger partial charge in [0.25, 0.3) is 0 Å². The Morgan fingerprint density at radius 2 is 1.73 bits per heavy atom. The van der Waals surface area contributed by atoms with Crippen LogP contribution in [-0.2, 0) is 16.4 Å². The molecular formula is C20H22N2O3S. The molecule has 3 rings (SSSR count). The smallest absolute Gasteiger partial charge is 0.226 e. The van der Waals surface area contributed by atoms with Crippen molar-refractivity contribution in [2.75, 3.05) is 13.3 Å². The molecule has 1 aromatic heterocycles. The molecular weight excluding hydrogens is 348 g/mol. The SMILES string of the molecule is CC(c1ccc(S(C)(=O)=O)cc1)N(C)Cc1coc(-c2ccccc2)n1. The molecule has 1 heterocycles. The molecule has 5 nitrogen and oxygen atoms in total. The van der Waals surface area contributed by atoms with Crippen molar-refractivity contribution < 1.29 is 12.8 Å². The van der Waals surface area contributed by atoms with Gasteiger partial charge in [0.15, 0.2) is 9.84 Å². The molecule has 0 radical (unpaired) electrons. The van der Waals surface area contributed by atoms with Crippen LogP contribution in [0.1, 0.15) is 24.2 Å². The van der Waals surface area contributed by atoms with Crippen molar-refractivity contribution in [2.24, 2.45) is 0 Å². The molecule has 0 fully saturated rings. The van der Waals surface area contributed by atoms with Gasteiger partial charge in [-0.05, 0) is 43.8 Å². The molecule has 0 aliphatic rings. The zero-order valence-electron chi connectivity index (χ0n) is 15.1. The fourth-order valence-corrected chi connectivity index (χ4v) is 3.36. The molecule has 2 aromatic carbocycles. The Kier molecular flexibility index (Phi) is 5.25. The van der Waals surface area contributed by atoms with Crippen molar-refractivity contribution in [3.63, 3.8) is 0 Å². The third kappa shape index (κ3) is 4.20. The summed E-state index contributed by atoms with van der Waals surface area (Å²) < 4.78 is 28.7. The molecule has 0 saturated heterocycles. The maximum absolute atomic E-state index is 11.6. The molecule has 0 saturated carbocycles. The first kappa shape index (κ1) is 18.4. The van der Waals surface area contributed by atoms with Crippen LogP contribution in [0.4, 0.5) is 0 Å². The van der Waals surface area contributed by atoms with E-state index in [0.29, 0.717) is 17.3 Å². The topological polar surface area (TPSA) is 63.4 Å². The standard InChI is InChI=1S/C20H22N2O3S/c1-15(16-9-11-19(12-10-16)26(3,23)24)22(2)13-18-14-25-20(21-18)17-7-5-4-6-8-17/h4-12,14-15H,13H2,1-3H3. The number of hydrogen-bond acceptors (Lipinski definition) is 5. The zero-order valence-corrected chi connectivity index (χ0v) is 15.9. The van der Waals surface area contributed by atoms with Gasteiger partial charge in [0.2, 0.25) is 5.89 Å². The van der Waals surface area contributed by atoms with Crippen molar-refractivity contribution in [1.29, 1.82) is 0 Å². The number of nitrogens with zero attached hydrogens (tertiary/aromatic N) is 2. The van der Waals surface area contributed by atoms with Crippen molar-refractivity contribution >= 4 is 9.84 Å². The minimum Gasteiger partial charge on any atom is -0.444 e. The number of oxazole rings is 1. The lowest BCUT2D eigenvalue weighted by Crippen LogP contribution is -2.22. The lowest BCUT2D eigenvalue weighted by atomic mass is 10.1. The van der Waals surface area contributed by atoms with Gasteiger partial charge in [0, 0.05) is 24.4 Å². The second kappa shape index (κ2) is 7.43. The van der Waals surface area contributed by atoms with Gasteiger partial charge in [-0.1, -0.05) is 30.3 Å². The largest absolute Gasteiger partial charge is 0.444 e. The fraction of sp³-hybridized carbons (Fsp3) is 0.250. The maximum Gasteiger partial charge on any atom is 0.226 e. The second-order valence-corrected chi connectivity index (χ2v) is 8.46. The van der Waals surface area contributed by atoms with Crippen LogP contribution in [0.25, 0.3) is 11.5 Å². The summed E-state index contributed by atoms with van der Waals surface area (Å²) >= 11 is 0. The van der Waals surface area contributed by atoms with Crippen LogP contribution in [0.15, 0.2) is 70.2 Å². The van der Waals surface area contributed by atoms with Crippen molar-refractivity contribution in [2.45, 2.75) is 24.4 Å². The van der Waals surface area contributed by atoms with Gasteiger partial charge >= 0.3 is 0 Å². The highest BCUT2D eigenvalue weighted by molar-refractivity contribution is 7.90. The Balaban J connectivity index is 1.70. The highest BCUT2D eigenvalue weighted by Crippen LogP contribution is 2.24. The van der Waals surface area contributed by atoms with Crippen LogP contribution < -0.4 is 0 Å². The van der Waals surface area contributed by atoms with Crippen LogP contribution in [0.5, 0.6) is 0 Å². The van der Waals surface area contributed by atoms with Crippen LogP contribution in [-0.4, -0.2) is 31.6 Å². The molecule has 6 heteroatoms. The monoisotopic (exact) mass is 370 g/mol. The van der Waals surface area contributed by atoms with Gasteiger partial charge < -0.3 is 4.42 Å². The molecule has 0 aliphatic carbocycles. The van der Waals surface area contributed by atoms with E-state index < -0.39 is 9.84 Å². The molecule has 3 aromatic rings. The highest BCUT2D eigenvalue weighted by atomic mass is 32.2. The summed E-state index contributed by atoms with van der Waals surface area (Å²) in [6, 6.07) is 16.9. The van der Waals surface area contributed by atoms with Crippen molar-refractivity contribution in [3.05, 3.63) is 72.1 Å². The molecule has 0 bridgehead atoms. The average molecular weight is 370 g/mol. The second-order valence-electron chi connectivity index (χ2n) is 6.44. The number of rotatable bonds is 6. The summed E-state index contributed by atoms with van der Waals surface area (Å²) in [7, 11) is -1.17. The first-order valence-corrected chi connectivity index (χ1v) is 10.2. The maximum atomic E-state index is 11.6. The average Bonchev–Trinajstić information content (AvgIpc) is 3.09. The van der Waals surface area contributed by atoms with E-state index in [9.17, 15) is 8.42 Å². The van der Waals surface area contributed by atoms with Gasteiger partial charge in [-0.15, -0.1) is 0 Å². The quantitative estimate of drug-likeness (QED) is 0.658. The number of sulfone groups is 1. The Morgan fingerprint density at radius 3 is 2.35 bits per heavy atom. The first-order chi connectivity index (χ1) is 12.3. The van der Waals surface area contributed by atoms with Crippen molar-refractivity contribution in [1.82, 2.24) is 9.88 Å². The van der Waals surface area contributed by atoms with Gasteiger partial charge in [-0.3, -0.25) is 4.90 Å². The van der Waals surface area contributed by atoms with Crippen molar-refractivity contribution in [3.8, 4) is 11.5 Å². The van der Waals surface area contributed by atoms with E-state index in [1.807, 2.05) is 49.5 Å². The zero-order chi connectivity index (χ0) is 18.7. The summed E-state index contributed by atoms with van der Waals surface area (Å²) in [5, 5.41) is 0. The van der Waals surface area contributed by atoms with Gasteiger partial charge in [0.1, 0.15) is 6.26 Å². The molecule has 0 amide bonds. The Bertz CT molecular complexity index is 964. The molecule has 0 spiro atoms. The predicted octanol–water partition coefficient (Wildman–Crippen LogP) is 3.94. The van der Waals surface area contributed by atoms with Crippen LogP contribution >= 0.6 is 0 Å². The van der Waals surface area contributed by atoms with Crippen LogP contribution in [0.2, 0.25) is 0 Å². The number of benzene rings is 2. The van der Waals surface area contributed by atoms with Gasteiger partial charge in [0.05, 0.1) is 10.6 Å². The molecule has 26 heavy (non-hydrogen) atoms. The molecule has 1 atom stereocenters. The number of hydrogen-bond donors (Lipinski definition) is 0. The van der Waals surface area contributed by atoms with E-state index in [2.05, 4.69) is 16.8 Å². The highest BCUT2D eigenvalue weighted by Gasteiger charge is 2.16. The Labute approximate surface area is 154 Å². The summed E-state index contributed by atoms with van der Waals surface area (Å²) in [4.78, 5) is 7.03. The lowest BCUT2D eigenvalue weighted by molar-refractivity contribution is 0.250. The van der Waals surface area contributed by atoms with E-state index in [1.165, 1.54) is 6.26 Å². The predicted molar refractivity (Wildman–Crippen MR) is 101 cm³/mol.